The molecular formula is C15H20N2O2. The normalized spacial score (nSPS) is 10.6. The molecule has 0 aliphatic rings. The van der Waals surface area contributed by atoms with E-state index < -0.39 is 5.41 Å². The molecule has 1 aromatic carbocycles. The van der Waals surface area contributed by atoms with Crippen LogP contribution in [0.25, 0.3) is 0 Å². The number of amides is 2. The molecule has 1 aromatic rings. The molecular weight excluding hydrogens is 240 g/mol. The molecule has 0 aromatic heterocycles. The Morgan fingerprint density at radius 2 is 1.74 bits per heavy atom. The smallest absolute Gasteiger partial charge is 0.235 e. The highest BCUT2D eigenvalue weighted by Crippen LogP contribution is 2.15. The molecule has 2 amide bonds. The lowest BCUT2D eigenvalue weighted by atomic mass is 9.91. The number of nitrogens with one attached hydrogen (secondary N) is 2. The van der Waals surface area contributed by atoms with Crippen molar-refractivity contribution in [1.82, 2.24) is 10.6 Å². The van der Waals surface area contributed by atoms with Crippen LogP contribution in [0.5, 0.6) is 0 Å². The Hall–Kier alpha value is -2.10. The van der Waals surface area contributed by atoms with Crippen LogP contribution >= 0.6 is 0 Å². The van der Waals surface area contributed by atoms with Gasteiger partial charge in [-0.2, -0.15) is 0 Å². The first kappa shape index (κ1) is 15.0. The number of carbonyl (C=O) groups is 2. The topological polar surface area (TPSA) is 58.2 Å². The van der Waals surface area contributed by atoms with E-state index in [0.29, 0.717) is 13.1 Å². The van der Waals surface area contributed by atoms with E-state index in [1.54, 1.807) is 19.9 Å². The molecule has 0 saturated carbocycles. The minimum atomic E-state index is -1.10. The first-order valence-corrected chi connectivity index (χ1v) is 6.20. The highest BCUT2D eigenvalue weighted by atomic mass is 16.2. The summed E-state index contributed by atoms with van der Waals surface area (Å²) in [5.41, 5.74) is -0.101. The Labute approximate surface area is 113 Å². The van der Waals surface area contributed by atoms with Gasteiger partial charge < -0.3 is 10.6 Å². The molecule has 0 saturated heterocycles. The van der Waals surface area contributed by atoms with Crippen molar-refractivity contribution in [3.05, 3.63) is 48.6 Å². The van der Waals surface area contributed by atoms with Crippen LogP contribution < -0.4 is 10.6 Å². The second-order valence-corrected chi connectivity index (χ2v) is 4.79. The SMILES string of the molecule is C=CCNC(=O)C(C)(C)C(=O)NCc1ccccc1. The van der Waals surface area contributed by atoms with Crippen LogP contribution in [-0.2, 0) is 16.1 Å². The Balaban J connectivity index is 2.56. The minimum absolute atomic E-state index is 0.294. The third kappa shape index (κ3) is 4.25. The van der Waals surface area contributed by atoms with E-state index in [1.807, 2.05) is 30.3 Å². The zero-order valence-electron chi connectivity index (χ0n) is 11.4. The molecule has 1 rings (SSSR count). The fourth-order valence-corrected chi connectivity index (χ4v) is 1.49. The van der Waals surface area contributed by atoms with Crippen molar-refractivity contribution >= 4 is 11.8 Å². The summed E-state index contributed by atoms with van der Waals surface area (Å²) in [6.07, 6.45) is 1.58. The Morgan fingerprint density at radius 1 is 1.16 bits per heavy atom. The van der Waals surface area contributed by atoms with Gasteiger partial charge >= 0.3 is 0 Å². The largest absolute Gasteiger partial charge is 0.352 e. The van der Waals surface area contributed by atoms with Crippen molar-refractivity contribution < 1.29 is 9.59 Å². The molecule has 0 bridgehead atoms. The summed E-state index contributed by atoms with van der Waals surface area (Å²) in [5, 5.41) is 5.40. The average Bonchev–Trinajstić information content (AvgIpc) is 2.42. The Bertz CT molecular complexity index is 452. The number of carbonyl (C=O) groups excluding carboxylic acids is 2. The van der Waals surface area contributed by atoms with E-state index >= 15 is 0 Å². The predicted molar refractivity (Wildman–Crippen MR) is 75.3 cm³/mol. The van der Waals surface area contributed by atoms with Gasteiger partial charge in [0.15, 0.2) is 0 Å². The molecule has 0 heterocycles. The summed E-state index contributed by atoms with van der Waals surface area (Å²) in [6, 6.07) is 9.57. The number of hydrogen-bond donors (Lipinski definition) is 2. The summed E-state index contributed by atoms with van der Waals surface area (Å²) in [4.78, 5) is 23.9. The third-order valence-electron chi connectivity index (χ3n) is 2.84. The fourth-order valence-electron chi connectivity index (χ4n) is 1.49. The van der Waals surface area contributed by atoms with Crippen molar-refractivity contribution in [2.75, 3.05) is 6.54 Å². The van der Waals surface area contributed by atoms with Gasteiger partial charge in [0, 0.05) is 13.1 Å². The zero-order valence-corrected chi connectivity index (χ0v) is 11.4. The van der Waals surface area contributed by atoms with Gasteiger partial charge in [-0.05, 0) is 19.4 Å². The third-order valence-corrected chi connectivity index (χ3v) is 2.84. The molecule has 102 valence electrons. The van der Waals surface area contributed by atoms with Crippen LogP contribution in [0.15, 0.2) is 43.0 Å². The van der Waals surface area contributed by atoms with Gasteiger partial charge in [0.05, 0.1) is 0 Å². The van der Waals surface area contributed by atoms with Gasteiger partial charge in [-0.3, -0.25) is 9.59 Å². The van der Waals surface area contributed by atoms with Crippen molar-refractivity contribution in [2.45, 2.75) is 20.4 Å². The molecule has 2 N–H and O–H groups in total. The molecule has 0 unspecified atom stereocenters. The van der Waals surface area contributed by atoms with E-state index in [2.05, 4.69) is 17.2 Å². The maximum atomic E-state index is 12.0. The molecule has 19 heavy (non-hydrogen) atoms. The molecule has 4 heteroatoms. The first-order valence-electron chi connectivity index (χ1n) is 6.20. The van der Waals surface area contributed by atoms with Crippen LogP contribution in [0.3, 0.4) is 0 Å². The van der Waals surface area contributed by atoms with Gasteiger partial charge in [-0.15, -0.1) is 6.58 Å². The highest BCUT2D eigenvalue weighted by molar-refractivity contribution is 6.04. The first-order chi connectivity index (χ1) is 8.98. The minimum Gasteiger partial charge on any atom is -0.352 e. The lowest BCUT2D eigenvalue weighted by Gasteiger charge is -2.22. The number of rotatable bonds is 6. The van der Waals surface area contributed by atoms with E-state index in [-0.39, 0.29) is 11.8 Å². The van der Waals surface area contributed by atoms with E-state index in [1.165, 1.54) is 0 Å². The van der Waals surface area contributed by atoms with Gasteiger partial charge in [-0.1, -0.05) is 36.4 Å². The monoisotopic (exact) mass is 260 g/mol. The summed E-state index contributed by atoms with van der Waals surface area (Å²) >= 11 is 0. The van der Waals surface area contributed by atoms with E-state index in [0.717, 1.165) is 5.56 Å². The zero-order chi connectivity index (χ0) is 14.3. The van der Waals surface area contributed by atoms with Gasteiger partial charge in [-0.25, -0.2) is 0 Å². The number of hydrogen-bond acceptors (Lipinski definition) is 2. The molecule has 0 spiro atoms. The van der Waals surface area contributed by atoms with Crippen LogP contribution in [0.1, 0.15) is 19.4 Å². The molecule has 4 nitrogen and oxygen atoms in total. The quantitative estimate of drug-likeness (QED) is 0.603. The standard InChI is InChI=1S/C15H20N2O2/c1-4-10-16-13(18)15(2,3)14(19)17-11-12-8-6-5-7-9-12/h4-9H,1,10-11H2,2-3H3,(H,16,18)(H,17,19). The van der Waals surface area contributed by atoms with Crippen LogP contribution in [-0.4, -0.2) is 18.4 Å². The second kappa shape index (κ2) is 6.73. The van der Waals surface area contributed by atoms with Crippen molar-refractivity contribution in [3.8, 4) is 0 Å². The fraction of sp³-hybridized carbons (Fsp3) is 0.333. The molecule has 0 radical (unpaired) electrons. The Kier molecular flexibility index (Phi) is 5.30. The Morgan fingerprint density at radius 3 is 2.32 bits per heavy atom. The summed E-state index contributed by atoms with van der Waals surface area (Å²) in [7, 11) is 0. The molecule has 0 aliphatic heterocycles. The van der Waals surface area contributed by atoms with Crippen LogP contribution in [0, 0.1) is 5.41 Å². The lowest BCUT2D eigenvalue weighted by Crippen LogP contribution is -2.47. The van der Waals surface area contributed by atoms with Crippen molar-refractivity contribution in [3.63, 3.8) is 0 Å². The summed E-state index contributed by atoms with van der Waals surface area (Å²) in [6.45, 7) is 7.50. The number of benzene rings is 1. The van der Waals surface area contributed by atoms with E-state index in [4.69, 9.17) is 0 Å². The van der Waals surface area contributed by atoms with E-state index in [9.17, 15) is 9.59 Å². The van der Waals surface area contributed by atoms with Gasteiger partial charge in [0.1, 0.15) is 5.41 Å². The van der Waals surface area contributed by atoms with Crippen LogP contribution in [0.4, 0.5) is 0 Å². The highest BCUT2D eigenvalue weighted by Gasteiger charge is 2.35. The van der Waals surface area contributed by atoms with Gasteiger partial charge in [0.25, 0.3) is 0 Å². The second-order valence-electron chi connectivity index (χ2n) is 4.79. The molecule has 0 fully saturated rings. The van der Waals surface area contributed by atoms with Gasteiger partial charge in [0.2, 0.25) is 11.8 Å². The maximum absolute atomic E-state index is 12.0. The molecule has 0 aliphatic carbocycles. The molecule has 0 atom stereocenters. The average molecular weight is 260 g/mol. The summed E-state index contributed by atoms with van der Waals surface area (Å²) in [5.74, 6) is -0.601. The van der Waals surface area contributed by atoms with Crippen molar-refractivity contribution in [1.29, 1.82) is 0 Å². The summed E-state index contributed by atoms with van der Waals surface area (Å²) < 4.78 is 0. The lowest BCUT2D eigenvalue weighted by molar-refractivity contribution is -0.141. The maximum Gasteiger partial charge on any atom is 0.235 e. The predicted octanol–water partition coefficient (Wildman–Crippen LogP) is 1.63. The van der Waals surface area contributed by atoms with Crippen molar-refractivity contribution in [2.24, 2.45) is 5.41 Å². The van der Waals surface area contributed by atoms with Crippen LogP contribution in [0.2, 0.25) is 0 Å².